The highest BCUT2D eigenvalue weighted by atomic mass is 32.1. The molecule has 0 aromatic carbocycles. The van der Waals surface area contributed by atoms with Crippen LogP contribution in [0, 0.1) is 0 Å². The monoisotopic (exact) mass is 398 g/mol. The lowest BCUT2D eigenvalue weighted by Crippen LogP contribution is -2.48. The zero-order chi connectivity index (χ0) is 19.0. The normalized spacial score (nSPS) is 21.6. The number of hydrogen-bond acceptors (Lipinski definition) is 6. The van der Waals surface area contributed by atoms with Crippen molar-refractivity contribution in [1.82, 2.24) is 15.2 Å². The first kappa shape index (κ1) is 18.1. The molecule has 3 aliphatic rings. The molecule has 2 saturated heterocycles. The maximum absolute atomic E-state index is 13.2. The first-order chi connectivity index (χ1) is 13.8. The van der Waals surface area contributed by atoms with Crippen LogP contribution in [-0.2, 0) is 16.8 Å². The molecule has 3 aliphatic heterocycles. The van der Waals surface area contributed by atoms with Gasteiger partial charge >= 0.3 is 0 Å². The topological polar surface area (TPSA) is 57.7 Å². The molecule has 2 aromatic rings. The van der Waals surface area contributed by atoms with Gasteiger partial charge in [-0.15, -0.1) is 11.3 Å². The molecule has 0 aliphatic carbocycles. The number of aromatic nitrogens is 1. The van der Waals surface area contributed by atoms with Crippen LogP contribution >= 0.6 is 11.3 Å². The summed E-state index contributed by atoms with van der Waals surface area (Å²) in [7, 11) is 0. The minimum Gasteiger partial charge on any atom is -0.369 e. The van der Waals surface area contributed by atoms with Crippen molar-refractivity contribution in [1.29, 1.82) is 0 Å². The molecule has 1 amide bonds. The van der Waals surface area contributed by atoms with Gasteiger partial charge in [-0.05, 0) is 56.1 Å². The van der Waals surface area contributed by atoms with Crippen molar-refractivity contribution in [3.05, 3.63) is 45.9 Å². The van der Waals surface area contributed by atoms with Gasteiger partial charge in [-0.2, -0.15) is 0 Å². The number of fused-ring (bicyclic) bond motifs is 2. The third-order valence-corrected chi connectivity index (χ3v) is 7.54. The molecule has 7 heteroatoms. The number of pyridine rings is 1. The Bertz CT molecular complexity index is 839. The van der Waals surface area contributed by atoms with Gasteiger partial charge in [-0.3, -0.25) is 9.78 Å². The molecule has 1 spiro atoms. The Hall–Kier alpha value is -1.96. The van der Waals surface area contributed by atoms with Gasteiger partial charge in [0.15, 0.2) is 0 Å². The Kier molecular flexibility index (Phi) is 4.82. The number of piperazine rings is 1. The van der Waals surface area contributed by atoms with Crippen LogP contribution in [0.1, 0.15) is 33.0 Å². The molecule has 1 N–H and O–H groups in total. The zero-order valence-corrected chi connectivity index (χ0v) is 16.8. The van der Waals surface area contributed by atoms with E-state index >= 15 is 0 Å². The van der Waals surface area contributed by atoms with Crippen LogP contribution in [0.25, 0.3) is 0 Å². The molecule has 0 radical (unpaired) electrons. The second-order valence-electron chi connectivity index (χ2n) is 7.79. The first-order valence-corrected chi connectivity index (χ1v) is 11.0. The second-order valence-corrected chi connectivity index (χ2v) is 8.84. The molecular formula is C21H26N4O2S. The van der Waals surface area contributed by atoms with Crippen molar-refractivity contribution in [3.8, 4) is 0 Å². The van der Waals surface area contributed by atoms with Crippen molar-refractivity contribution < 1.29 is 9.53 Å². The number of rotatable bonds is 2. The van der Waals surface area contributed by atoms with Gasteiger partial charge in [0.25, 0.3) is 5.91 Å². The number of hydrogen-bond donors (Lipinski definition) is 1. The van der Waals surface area contributed by atoms with E-state index in [9.17, 15) is 4.79 Å². The average molecular weight is 399 g/mol. The van der Waals surface area contributed by atoms with Gasteiger partial charge in [0.1, 0.15) is 5.60 Å². The van der Waals surface area contributed by atoms with Gasteiger partial charge < -0.3 is 19.9 Å². The van der Waals surface area contributed by atoms with Crippen LogP contribution in [0.3, 0.4) is 0 Å². The van der Waals surface area contributed by atoms with Crippen LogP contribution in [-0.4, -0.2) is 61.7 Å². The summed E-state index contributed by atoms with van der Waals surface area (Å²) < 4.78 is 6.27. The number of anilines is 1. The van der Waals surface area contributed by atoms with Crippen LogP contribution in [0.15, 0.2) is 30.6 Å². The minimum absolute atomic E-state index is 0.165. The van der Waals surface area contributed by atoms with E-state index in [1.165, 1.54) is 16.1 Å². The largest absolute Gasteiger partial charge is 0.369 e. The lowest BCUT2D eigenvalue weighted by Gasteiger charge is -2.40. The van der Waals surface area contributed by atoms with Crippen LogP contribution in [0.4, 0.5) is 5.69 Å². The molecule has 0 bridgehead atoms. The summed E-state index contributed by atoms with van der Waals surface area (Å²) in [5, 5.41) is 3.43. The minimum atomic E-state index is -0.165. The number of amides is 1. The number of piperidine rings is 1. The number of carbonyl (C=O) groups excluding carboxylic acids is 1. The fourth-order valence-corrected chi connectivity index (χ4v) is 5.99. The third kappa shape index (κ3) is 3.21. The SMILES string of the molecule is O=C(c1cc2c(s1)C1(CCNCC1)OCC2)N1CCN(c2ccncc2)CC1. The fraction of sp³-hybridized carbons (Fsp3) is 0.524. The van der Waals surface area contributed by atoms with Crippen molar-refractivity contribution >= 4 is 22.9 Å². The number of nitrogens with zero attached hydrogens (tertiary/aromatic N) is 3. The summed E-state index contributed by atoms with van der Waals surface area (Å²) in [5.74, 6) is 0.179. The highest BCUT2D eigenvalue weighted by Gasteiger charge is 2.41. The van der Waals surface area contributed by atoms with E-state index in [4.69, 9.17) is 4.74 Å². The summed E-state index contributed by atoms with van der Waals surface area (Å²) >= 11 is 1.67. The summed E-state index contributed by atoms with van der Waals surface area (Å²) in [6.45, 7) is 5.97. The molecule has 5 rings (SSSR count). The van der Waals surface area contributed by atoms with Crippen LogP contribution in [0.5, 0.6) is 0 Å². The molecule has 0 saturated carbocycles. The van der Waals surface area contributed by atoms with Gasteiger partial charge in [0, 0.05) is 49.1 Å². The molecule has 5 heterocycles. The highest BCUT2D eigenvalue weighted by molar-refractivity contribution is 7.14. The average Bonchev–Trinajstić information content (AvgIpc) is 3.21. The Labute approximate surface area is 169 Å². The number of nitrogens with one attached hydrogen (secondary N) is 1. The standard InChI is InChI=1S/C21H26N4O2S/c26-20(25-12-10-24(11-13-25)17-1-6-22-7-2-17)18-15-16-3-14-27-21(19(16)28-18)4-8-23-9-5-21/h1-2,6-7,15,23H,3-5,8-14H2. The van der Waals surface area contributed by atoms with E-state index in [-0.39, 0.29) is 11.5 Å². The maximum Gasteiger partial charge on any atom is 0.264 e. The quantitative estimate of drug-likeness (QED) is 0.841. The van der Waals surface area contributed by atoms with Crippen LogP contribution < -0.4 is 10.2 Å². The van der Waals surface area contributed by atoms with E-state index < -0.39 is 0 Å². The summed E-state index contributed by atoms with van der Waals surface area (Å²) in [6, 6.07) is 6.20. The molecule has 0 atom stereocenters. The Morgan fingerprint density at radius 1 is 1.14 bits per heavy atom. The predicted octanol–water partition coefficient (Wildman–Crippen LogP) is 2.26. The Morgan fingerprint density at radius 3 is 2.64 bits per heavy atom. The molecule has 28 heavy (non-hydrogen) atoms. The third-order valence-electron chi connectivity index (χ3n) is 6.19. The van der Waals surface area contributed by atoms with E-state index in [1.807, 2.05) is 29.4 Å². The summed E-state index contributed by atoms with van der Waals surface area (Å²) in [5.41, 5.74) is 2.35. The predicted molar refractivity (Wildman–Crippen MR) is 110 cm³/mol. The summed E-state index contributed by atoms with van der Waals surface area (Å²) in [6.07, 6.45) is 6.56. The molecule has 6 nitrogen and oxygen atoms in total. The highest BCUT2D eigenvalue weighted by Crippen LogP contribution is 2.44. The van der Waals surface area contributed by atoms with Crippen molar-refractivity contribution in [2.24, 2.45) is 0 Å². The fourth-order valence-electron chi connectivity index (χ4n) is 4.61. The van der Waals surface area contributed by atoms with Gasteiger partial charge in [0.05, 0.1) is 11.5 Å². The Balaban J connectivity index is 1.30. The van der Waals surface area contributed by atoms with Gasteiger partial charge in [-0.25, -0.2) is 0 Å². The molecular weight excluding hydrogens is 372 g/mol. The zero-order valence-electron chi connectivity index (χ0n) is 16.0. The maximum atomic E-state index is 13.2. The number of carbonyl (C=O) groups is 1. The first-order valence-electron chi connectivity index (χ1n) is 10.2. The number of thiophene rings is 1. The van der Waals surface area contributed by atoms with E-state index in [1.54, 1.807) is 11.3 Å². The lowest BCUT2D eigenvalue weighted by molar-refractivity contribution is -0.0771. The van der Waals surface area contributed by atoms with Crippen molar-refractivity contribution in [2.45, 2.75) is 24.9 Å². The van der Waals surface area contributed by atoms with Gasteiger partial charge in [0.2, 0.25) is 0 Å². The Morgan fingerprint density at radius 2 is 1.89 bits per heavy atom. The van der Waals surface area contributed by atoms with E-state index in [0.717, 1.165) is 70.0 Å². The summed E-state index contributed by atoms with van der Waals surface area (Å²) in [4.78, 5) is 23.8. The second kappa shape index (κ2) is 7.46. The van der Waals surface area contributed by atoms with Crippen molar-refractivity contribution in [3.63, 3.8) is 0 Å². The lowest BCUT2D eigenvalue weighted by atomic mass is 9.86. The van der Waals surface area contributed by atoms with Gasteiger partial charge in [-0.1, -0.05) is 0 Å². The molecule has 0 unspecified atom stereocenters. The van der Waals surface area contributed by atoms with E-state index in [2.05, 4.69) is 21.3 Å². The van der Waals surface area contributed by atoms with E-state index in [0.29, 0.717) is 0 Å². The van der Waals surface area contributed by atoms with Crippen molar-refractivity contribution in [2.75, 3.05) is 50.8 Å². The number of ether oxygens (including phenoxy) is 1. The molecule has 148 valence electrons. The van der Waals surface area contributed by atoms with Crippen LogP contribution in [0.2, 0.25) is 0 Å². The smallest absolute Gasteiger partial charge is 0.264 e. The molecule has 2 fully saturated rings. The molecule has 2 aromatic heterocycles.